The molecular formula is C22H22N2. The number of rotatable bonds is 1. The SMILES string of the molecule is C=C1c2cc3c(cc2CN1c1ccc2ccn(C)c2c1)CCCC3. The summed E-state index contributed by atoms with van der Waals surface area (Å²) in [5.41, 5.74) is 9.55. The van der Waals surface area contributed by atoms with E-state index in [0.29, 0.717) is 0 Å². The third kappa shape index (κ3) is 1.96. The summed E-state index contributed by atoms with van der Waals surface area (Å²) in [6, 6.07) is 13.7. The van der Waals surface area contributed by atoms with Crippen molar-refractivity contribution in [1.29, 1.82) is 0 Å². The van der Waals surface area contributed by atoms with E-state index in [2.05, 4.69) is 65.7 Å². The lowest BCUT2D eigenvalue weighted by atomic mass is 9.88. The van der Waals surface area contributed by atoms with Crippen LogP contribution in [0.25, 0.3) is 16.6 Å². The fourth-order valence-corrected chi connectivity index (χ4v) is 4.31. The van der Waals surface area contributed by atoms with Gasteiger partial charge in [-0.2, -0.15) is 0 Å². The molecule has 0 spiro atoms. The number of nitrogens with zero attached hydrogens (tertiary/aromatic N) is 2. The average molecular weight is 314 g/mol. The molecule has 0 atom stereocenters. The van der Waals surface area contributed by atoms with Crippen LogP contribution in [0.1, 0.15) is 35.1 Å². The summed E-state index contributed by atoms with van der Waals surface area (Å²) in [5, 5.41) is 1.29. The molecule has 120 valence electrons. The highest BCUT2D eigenvalue weighted by molar-refractivity contribution is 5.89. The zero-order valence-corrected chi connectivity index (χ0v) is 14.2. The van der Waals surface area contributed by atoms with Gasteiger partial charge < -0.3 is 9.47 Å². The Morgan fingerprint density at radius 1 is 0.917 bits per heavy atom. The van der Waals surface area contributed by atoms with Gasteiger partial charge in [0.15, 0.2) is 0 Å². The molecule has 0 N–H and O–H groups in total. The van der Waals surface area contributed by atoms with E-state index < -0.39 is 0 Å². The van der Waals surface area contributed by atoms with Gasteiger partial charge in [-0.1, -0.05) is 18.7 Å². The summed E-state index contributed by atoms with van der Waals surface area (Å²) in [7, 11) is 2.10. The lowest BCUT2D eigenvalue weighted by Crippen LogP contribution is -2.12. The second-order valence-corrected chi connectivity index (χ2v) is 7.19. The predicted molar refractivity (Wildman–Crippen MR) is 101 cm³/mol. The van der Waals surface area contributed by atoms with Crippen molar-refractivity contribution in [2.24, 2.45) is 7.05 Å². The zero-order valence-electron chi connectivity index (χ0n) is 14.2. The molecule has 0 saturated carbocycles. The van der Waals surface area contributed by atoms with Crippen LogP contribution in [0.2, 0.25) is 0 Å². The minimum Gasteiger partial charge on any atom is -0.350 e. The molecule has 1 aromatic heterocycles. The third-order valence-electron chi connectivity index (χ3n) is 5.72. The van der Waals surface area contributed by atoms with Crippen LogP contribution in [0.3, 0.4) is 0 Å². The molecule has 0 fully saturated rings. The average Bonchev–Trinajstić information content (AvgIpc) is 3.13. The Morgan fingerprint density at radius 2 is 1.71 bits per heavy atom. The van der Waals surface area contributed by atoms with E-state index in [0.717, 1.165) is 12.2 Å². The van der Waals surface area contributed by atoms with Crippen molar-refractivity contribution in [3.05, 3.63) is 71.4 Å². The van der Waals surface area contributed by atoms with Crippen LogP contribution in [0.15, 0.2) is 49.2 Å². The van der Waals surface area contributed by atoms with Crippen LogP contribution < -0.4 is 4.90 Å². The van der Waals surface area contributed by atoms with Crippen molar-refractivity contribution in [2.75, 3.05) is 4.90 Å². The van der Waals surface area contributed by atoms with Crippen molar-refractivity contribution >= 4 is 22.3 Å². The maximum absolute atomic E-state index is 4.41. The first-order chi connectivity index (χ1) is 11.7. The first kappa shape index (κ1) is 13.9. The molecular weight excluding hydrogens is 292 g/mol. The minimum atomic E-state index is 0.942. The zero-order chi connectivity index (χ0) is 16.3. The van der Waals surface area contributed by atoms with Gasteiger partial charge in [0.25, 0.3) is 0 Å². The van der Waals surface area contributed by atoms with E-state index in [4.69, 9.17) is 0 Å². The van der Waals surface area contributed by atoms with E-state index in [1.165, 1.54) is 53.4 Å². The molecule has 24 heavy (non-hydrogen) atoms. The van der Waals surface area contributed by atoms with Crippen LogP contribution in [0.5, 0.6) is 0 Å². The Labute approximate surface area is 143 Å². The van der Waals surface area contributed by atoms with Crippen LogP contribution >= 0.6 is 0 Å². The molecule has 3 aromatic rings. The van der Waals surface area contributed by atoms with E-state index in [1.807, 2.05) is 0 Å². The highest BCUT2D eigenvalue weighted by Crippen LogP contribution is 2.39. The molecule has 1 aliphatic heterocycles. The molecule has 0 bridgehead atoms. The minimum absolute atomic E-state index is 0.942. The van der Waals surface area contributed by atoms with Crippen LogP contribution in [0.4, 0.5) is 5.69 Å². The monoisotopic (exact) mass is 314 g/mol. The number of fused-ring (bicyclic) bond motifs is 3. The van der Waals surface area contributed by atoms with Gasteiger partial charge in [0.05, 0.1) is 0 Å². The molecule has 2 heteroatoms. The van der Waals surface area contributed by atoms with E-state index in [-0.39, 0.29) is 0 Å². The second-order valence-electron chi connectivity index (χ2n) is 7.19. The molecule has 0 unspecified atom stereocenters. The molecule has 0 amide bonds. The topological polar surface area (TPSA) is 8.17 Å². The first-order valence-electron chi connectivity index (χ1n) is 8.87. The van der Waals surface area contributed by atoms with Crippen molar-refractivity contribution in [2.45, 2.75) is 32.2 Å². The first-order valence-corrected chi connectivity index (χ1v) is 8.87. The quantitative estimate of drug-likeness (QED) is 0.610. The van der Waals surface area contributed by atoms with E-state index in [9.17, 15) is 0 Å². The van der Waals surface area contributed by atoms with Gasteiger partial charge in [0.1, 0.15) is 0 Å². The van der Waals surface area contributed by atoms with E-state index in [1.54, 1.807) is 11.1 Å². The van der Waals surface area contributed by atoms with Gasteiger partial charge >= 0.3 is 0 Å². The lowest BCUT2D eigenvalue weighted by molar-refractivity contribution is 0.684. The Bertz CT molecular complexity index is 977. The summed E-state index contributed by atoms with van der Waals surface area (Å²) < 4.78 is 2.18. The third-order valence-corrected chi connectivity index (χ3v) is 5.72. The molecule has 2 aromatic carbocycles. The predicted octanol–water partition coefficient (Wildman–Crippen LogP) is 5.05. The smallest absolute Gasteiger partial charge is 0.0498 e. The van der Waals surface area contributed by atoms with Crippen molar-refractivity contribution in [3.63, 3.8) is 0 Å². The number of aryl methyl sites for hydroxylation is 3. The summed E-state index contributed by atoms with van der Waals surface area (Å²) in [4.78, 5) is 2.36. The fraction of sp³-hybridized carbons (Fsp3) is 0.273. The van der Waals surface area contributed by atoms with Crippen LogP contribution in [0, 0.1) is 0 Å². The van der Waals surface area contributed by atoms with Gasteiger partial charge in [0, 0.05) is 42.3 Å². The molecule has 2 aliphatic rings. The van der Waals surface area contributed by atoms with Crippen molar-refractivity contribution in [1.82, 2.24) is 4.57 Å². The highest BCUT2D eigenvalue weighted by atomic mass is 15.2. The normalized spacial score (nSPS) is 16.5. The van der Waals surface area contributed by atoms with Crippen molar-refractivity contribution in [3.8, 4) is 0 Å². The summed E-state index contributed by atoms with van der Waals surface area (Å²) in [6.45, 7) is 5.35. The number of hydrogen-bond donors (Lipinski definition) is 0. The Hall–Kier alpha value is -2.48. The fourth-order valence-electron chi connectivity index (χ4n) is 4.31. The number of aromatic nitrogens is 1. The summed E-state index contributed by atoms with van der Waals surface area (Å²) in [5.74, 6) is 0. The highest BCUT2D eigenvalue weighted by Gasteiger charge is 2.26. The number of benzene rings is 2. The van der Waals surface area contributed by atoms with Crippen molar-refractivity contribution < 1.29 is 0 Å². The van der Waals surface area contributed by atoms with Crippen LogP contribution in [-0.2, 0) is 26.4 Å². The Morgan fingerprint density at radius 3 is 2.54 bits per heavy atom. The largest absolute Gasteiger partial charge is 0.350 e. The van der Waals surface area contributed by atoms with Crippen LogP contribution in [-0.4, -0.2) is 4.57 Å². The lowest BCUT2D eigenvalue weighted by Gasteiger charge is -2.20. The second kappa shape index (κ2) is 5.01. The summed E-state index contributed by atoms with van der Waals surface area (Å²) >= 11 is 0. The number of anilines is 1. The van der Waals surface area contributed by atoms with Gasteiger partial charge in [-0.25, -0.2) is 0 Å². The van der Waals surface area contributed by atoms with E-state index >= 15 is 0 Å². The van der Waals surface area contributed by atoms with Gasteiger partial charge in [-0.15, -0.1) is 0 Å². The maximum atomic E-state index is 4.41. The molecule has 5 rings (SSSR count). The Kier molecular flexibility index (Phi) is 2.90. The van der Waals surface area contributed by atoms with Gasteiger partial charge in [0.2, 0.25) is 0 Å². The molecule has 0 radical (unpaired) electrons. The van der Waals surface area contributed by atoms with Gasteiger partial charge in [-0.05, 0) is 72.0 Å². The summed E-state index contributed by atoms with van der Waals surface area (Å²) in [6.07, 6.45) is 7.25. The standard InChI is InChI=1S/C22H22N2/c1-15-21-12-18-6-4-3-5-17(18)11-19(21)14-24(15)20-8-7-16-9-10-23(2)22(16)13-20/h7-13H,1,3-6,14H2,2H3. The molecule has 2 nitrogen and oxygen atoms in total. The van der Waals surface area contributed by atoms with Gasteiger partial charge in [-0.3, -0.25) is 0 Å². The Balaban J connectivity index is 1.57. The maximum Gasteiger partial charge on any atom is 0.0498 e. The molecule has 0 saturated heterocycles. The number of hydrogen-bond acceptors (Lipinski definition) is 1. The molecule has 2 heterocycles. The molecule has 1 aliphatic carbocycles.